The molecule has 2 nitrogen and oxygen atoms in total. The molecule has 1 saturated carbocycles. The van der Waals surface area contributed by atoms with Crippen LogP contribution < -0.4 is 0 Å². The summed E-state index contributed by atoms with van der Waals surface area (Å²) in [7, 11) is 0. The summed E-state index contributed by atoms with van der Waals surface area (Å²) in [6.45, 7) is 0.867. The number of benzene rings is 1. The van der Waals surface area contributed by atoms with Gasteiger partial charge in [0.25, 0.3) is 0 Å². The summed E-state index contributed by atoms with van der Waals surface area (Å²) in [5.74, 6) is 0.340. The molecule has 0 aliphatic heterocycles. The van der Waals surface area contributed by atoms with Crippen molar-refractivity contribution in [3.05, 3.63) is 29.8 Å². The highest BCUT2D eigenvalue weighted by atomic mass is 16.5. The Kier molecular flexibility index (Phi) is 4.87. The highest BCUT2D eigenvalue weighted by Gasteiger charge is 2.12. The number of phenols is 1. The maximum atomic E-state index is 9.17. The first-order valence-corrected chi connectivity index (χ1v) is 6.74. The summed E-state index contributed by atoms with van der Waals surface area (Å²) >= 11 is 0. The van der Waals surface area contributed by atoms with E-state index in [4.69, 9.17) is 4.74 Å². The third-order valence-corrected chi connectivity index (χ3v) is 3.45. The Labute approximate surface area is 104 Å². The van der Waals surface area contributed by atoms with Crippen LogP contribution in [0.5, 0.6) is 5.75 Å². The van der Waals surface area contributed by atoms with Gasteiger partial charge in [0.15, 0.2) is 0 Å². The molecule has 1 N–H and O–H groups in total. The van der Waals surface area contributed by atoms with Gasteiger partial charge in [0.05, 0.1) is 6.10 Å². The molecular weight excluding hydrogens is 212 g/mol. The fourth-order valence-electron chi connectivity index (χ4n) is 2.42. The zero-order valence-electron chi connectivity index (χ0n) is 10.4. The first-order valence-electron chi connectivity index (χ1n) is 6.74. The van der Waals surface area contributed by atoms with E-state index in [9.17, 15) is 5.11 Å². The van der Waals surface area contributed by atoms with E-state index >= 15 is 0 Å². The average molecular weight is 234 g/mol. The van der Waals surface area contributed by atoms with Gasteiger partial charge in [-0.3, -0.25) is 0 Å². The zero-order valence-corrected chi connectivity index (χ0v) is 10.4. The van der Waals surface area contributed by atoms with E-state index in [1.807, 2.05) is 12.1 Å². The minimum Gasteiger partial charge on any atom is -0.508 e. The van der Waals surface area contributed by atoms with Gasteiger partial charge in [0.2, 0.25) is 0 Å². The van der Waals surface area contributed by atoms with E-state index in [2.05, 4.69) is 0 Å². The van der Waals surface area contributed by atoms with E-state index < -0.39 is 0 Å². The Morgan fingerprint density at radius 3 is 2.47 bits per heavy atom. The molecule has 0 spiro atoms. The van der Waals surface area contributed by atoms with Crippen LogP contribution in [0.25, 0.3) is 0 Å². The molecule has 17 heavy (non-hydrogen) atoms. The number of hydrogen-bond donors (Lipinski definition) is 1. The second-order valence-electron chi connectivity index (χ2n) is 4.90. The Morgan fingerprint density at radius 2 is 1.76 bits per heavy atom. The number of rotatable bonds is 5. The Bertz CT molecular complexity index is 312. The van der Waals surface area contributed by atoms with Crippen molar-refractivity contribution < 1.29 is 9.84 Å². The molecule has 1 aromatic rings. The molecular formula is C15H22O2. The van der Waals surface area contributed by atoms with Gasteiger partial charge < -0.3 is 9.84 Å². The summed E-state index contributed by atoms with van der Waals surface area (Å²) < 4.78 is 5.88. The van der Waals surface area contributed by atoms with Crippen LogP contribution in [-0.2, 0) is 11.2 Å². The maximum absolute atomic E-state index is 9.17. The standard InChI is InChI=1S/C15H22O2/c16-14-10-8-13(9-11-14)5-4-12-17-15-6-2-1-3-7-15/h8-11,15-16H,1-7,12H2. The summed E-state index contributed by atoms with van der Waals surface area (Å²) in [5.41, 5.74) is 1.27. The number of aryl methyl sites for hydroxylation is 1. The normalized spacial score (nSPS) is 17.2. The highest BCUT2D eigenvalue weighted by molar-refractivity contribution is 5.25. The second kappa shape index (κ2) is 6.65. The van der Waals surface area contributed by atoms with Crippen LogP contribution in [-0.4, -0.2) is 17.8 Å². The first kappa shape index (κ1) is 12.4. The number of phenolic OH excluding ortho intramolecular Hbond substituents is 1. The highest BCUT2D eigenvalue weighted by Crippen LogP contribution is 2.20. The van der Waals surface area contributed by atoms with Gasteiger partial charge in [-0.15, -0.1) is 0 Å². The minimum absolute atomic E-state index is 0.340. The van der Waals surface area contributed by atoms with Crippen molar-refractivity contribution in [1.82, 2.24) is 0 Å². The maximum Gasteiger partial charge on any atom is 0.115 e. The first-order chi connectivity index (χ1) is 8.34. The summed E-state index contributed by atoms with van der Waals surface area (Å²) in [6, 6.07) is 7.46. The van der Waals surface area contributed by atoms with Crippen LogP contribution in [0.1, 0.15) is 44.1 Å². The van der Waals surface area contributed by atoms with E-state index in [0.29, 0.717) is 11.9 Å². The predicted octanol–water partition coefficient (Wildman–Crippen LogP) is 3.67. The SMILES string of the molecule is Oc1ccc(CCCOC2CCCCC2)cc1. The molecule has 2 heteroatoms. The van der Waals surface area contributed by atoms with Crippen LogP contribution in [0.15, 0.2) is 24.3 Å². The molecule has 0 aromatic heterocycles. The van der Waals surface area contributed by atoms with Crippen molar-refractivity contribution in [3.63, 3.8) is 0 Å². The van der Waals surface area contributed by atoms with Gasteiger partial charge in [0, 0.05) is 6.61 Å². The fourth-order valence-corrected chi connectivity index (χ4v) is 2.42. The molecule has 0 bridgehead atoms. The molecule has 1 aromatic carbocycles. The molecule has 2 rings (SSSR count). The molecule has 1 fully saturated rings. The lowest BCUT2D eigenvalue weighted by atomic mass is 9.98. The van der Waals surface area contributed by atoms with Crippen molar-refractivity contribution >= 4 is 0 Å². The number of ether oxygens (including phenoxy) is 1. The third kappa shape index (κ3) is 4.39. The summed E-state index contributed by atoms with van der Waals surface area (Å²) in [6.07, 6.45) is 9.18. The zero-order chi connectivity index (χ0) is 11.9. The largest absolute Gasteiger partial charge is 0.508 e. The lowest BCUT2D eigenvalue weighted by Gasteiger charge is -2.21. The van der Waals surface area contributed by atoms with Gasteiger partial charge in [-0.05, 0) is 43.4 Å². The minimum atomic E-state index is 0.340. The van der Waals surface area contributed by atoms with Gasteiger partial charge in [0.1, 0.15) is 5.75 Å². The predicted molar refractivity (Wildman–Crippen MR) is 69.3 cm³/mol. The molecule has 0 amide bonds. The van der Waals surface area contributed by atoms with Gasteiger partial charge in [-0.25, -0.2) is 0 Å². The lowest BCUT2D eigenvalue weighted by molar-refractivity contribution is 0.0273. The van der Waals surface area contributed by atoms with E-state index in [1.54, 1.807) is 12.1 Å². The van der Waals surface area contributed by atoms with Crippen molar-refractivity contribution in [2.75, 3.05) is 6.61 Å². The Hall–Kier alpha value is -1.02. The topological polar surface area (TPSA) is 29.5 Å². The van der Waals surface area contributed by atoms with Crippen LogP contribution in [0.3, 0.4) is 0 Å². The van der Waals surface area contributed by atoms with E-state index in [-0.39, 0.29) is 0 Å². The average Bonchev–Trinajstić information content (AvgIpc) is 2.38. The van der Waals surface area contributed by atoms with Crippen LogP contribution in [0, 0.1) is 0 Å². The smallest absolute Gasteiger partial charge is 0.115 e. The molecule has 1 aliphatic rings. The Morgan fingerprint density at radius 1 is 1.06 bits per heavy atom. The van der Waals surface area contributed by atoms with Crippen LogP contribution >= 0.6 is 0 Å². The molecule has 1 aliphatic carbocycles. The van der Waals surface area contributed by atoms with Crippen molar-refractivity contribution in [1.29, 1.82) is 0 Å². The molecule has 0 atom stereocenters. The second-order valence-corrected chi connectivity index (χ2v) is 4.90. The third-order valence-electron chi connectivity index (χ3n) is 3.45. The Balaban J connectivity index is 1.60. The number of hydrogen-bond acceptors (Lipinski definition) is 2. The summed E-state index contributed by atoms with van der Waals surface area (Å²) in [5, 5.41) is 9.17. The molecule has 0 heterocycles. The van der Waals surface area contributed by atoms with Crippen LogP contribution in [0.4, 0.5) is 0 Å². The van der Waals surface area contributed by atoms with Crippen molar-refractivity contribution in [3.8, 4) is 5.75 Å². The quantitative estimate of drug-likeness (QED) is 0.788. The molecule has 94 valence electrons. The molecule has 0 saturated heterocycles. The van der Waals surface area contributed by atoms with Crippen LogP contribution in [0.2, 0.25) is 0 Å². The molecule has 0 radical (unpaired) electrons. The monoisotopic (exact) mass is 234 g/mol. The molecule has 0 unspecified atom stereocenters. The van der Waals surface area contributed by atoms with Crippen molar-refractivity contribution in [2.45, 2.75) is 51.0 Å². The fraction of sp³-hybridized carbons (Fsp3) is 0.600. The number of aromatic hydroxyl groups is 1. The van der Waals surface area contributed by atoms with Gasteiger partial charge >= 0.3 is 0 Å². The lowest BCUT2D eigenvalue weighted by Crippen LogP contribution is -2.17. The van der Waals surface area contributed by atoms with E-state index in [1.165, 1.54) is 37.7 Å². The summed E-state index contributed by atoms with van der Waals surface area (Å²) in [4.78, 5) is 0. The van der Waals surface area contributed by atoms with Gasteiger partial charge in [-0.1, -0.05) is 31.4 Å². The van der Waals surface area contributed by atoms with Gasteiger partial charge in [-0.2, -0.15) is 0 Å². The van der Waals surface area contributed by atoms with E-state index in [0.717, 1.165) is 19.4 Å². The van der Waals surface area contributed by atoms with Crippen molar-refractivity contribution in [2.24, 2.45) is 0 Å².